The minimum Gasteiger partial charge on any atom is -0.462 e. The van der Waals surface area contributed by atoms with Crippen LogP contribution < -0.4 is 5.32 Å². The van der Waals surface area contributed by atoms with E-state index in [1.54, 1.807) is 0 Å². The van der Waals surface area contributed by atoms with E-state index in [-0.39, 0.29) is 11.5 Å². The fourth-order valence-corrected chi connectivity index (χ4v) is 0.742. The molecular weight excluding hydrogens is 250 g/mol. The van der Waals surface area contributed by atoms with Gasteiger partial charge in [0.05, 0.1) is 12.2 Å². The molecule has 0 heterocycles. The number of halogens is 1. The van der Waals surface area contributed by atoms with Crippen molar-refractivity contribution in [3.05, 3.63) is 11.8 Å². The monoisotopic (exact) mass is 263 g/mol. The second-order valence-electron chi connectivity index (χ2n) is 3.02. The minimum absolute atomic E-state index is 0.118. The molecule has 0 aliphatic heterocycles. The molecule has 0 aromatic heterocycles. The summed E-state index contributed by atoms with van der Waals surface area (Å²) in [6.45, 7) is 3.57. The summed E-state index contributed by atoms with van der Waals surface area (Å²) in [5, 5.41) is 1.84. The first-order valence-corrected chi connectivity index (χ1v) is 5.45. The molecule has 0 atom stereocenters. The Hall–Kier alpha value is -1.56. The lowest BCUT2D eigenvalue weighted by atomic mass is 10.3. The number of carbonyl (C=O) groups excluding carboxylic acids is 3. The highest BCUT2D eigenvalue weighted by atomic mass is 35.5. The first-order valence-electron chi connectivity index (χ1n) is 4.91. The Kier molecular flexibility index (Phi) is 7.79. The Balaban J connectivity index is 4.09. The number of esters is 1. The molecule has 0 rings (SSSR count). The number of hydrogen-bond acceptors (Lipinski definition) is 5. The Morgan fingerprint density at radius 1 is 1.35 bits per heavy atom. The van der Waals surface area contributed by atoms with E-state index in [0.29, 0.717) is 13.0 Å². The van der Waals surface area contributed by atoms with Crippen molar-refractivity contribution >= 4 is 29.6 Å². The zero-order valence-corrected chi connectivity index (χ0v) is 10.4. The van der Waals surface area contributed by atoms with Crippen molar-refractivity contribution in [3.63, 3.8) is 0 Å². The van der Waals surface area contributed by atoms with E-state index < -0.39 is 18.0 Å². The average molecular weight is 264 g/mol. The molecule has 0 aromatic carbocycles. The maximum Gasteiger partial charge on any atom is 0.418 e. The molecule has 0 aliphatic carbocycles. The number of hydrogen-bond donors (Lipinski definition) is 1. The van der Waals surface area contributed by atoms with E-state index >= 15 is 0 Å². The van der Waals surface area contributed by atoms with Crippen LogP contribution in [0.1, 0.15) is 20.3 Å². The molecule has 0 spiro atoms. The largest absolute Gasteiger partial charge is 0.462 e. The van der Waals surface area contributed by atoms with Crippen LogP contribution in [0, 0.1) is 0 Å². The molecule has 0 unspecified atom stereocenters. The average Bonchev–Trinajstić information content (AvgIpc) is 2.32. The van der Waals surface area contributed by atoms with Crippen LogP contribution in [0.5, 0.6) is 0 Å². The number of amides is 2. The molecule has 0 bridgehead atoms. The van der Waals surface area contributed by atoms with Crippen molar-refractivity contribution in [1.82, 2.24) is 5.32 Å². The summed E-state index contributed by atoms with van der Waals surface area (Å²) in [5.41, 5.74) is 0.118. The Morgan fingerprint density at radius 2 is 2.00 bits per heavy atom. The van der Waals surface area contributed by atoms with Gasteiger partial charge in [-0.3, -0.25) is 10.1 Å². The van der Waals surface area contributed by atoms with E-state index in [2.05, 4.69) is 4.74 Å². The van der Waals surface area contributed by atoms with Gasteiger partial charge in [-0.1, -0.05) is 6.92 Å². The Labute approximate surface area is 104 Å². The summed E-state index contributed by atoms with van der Waals surface area (Å²) in [4.78, 5) is 32.8. The second-order valence-corrected chi connectivity index (χ2v) is 3.29. The van der Waals surface area contributed by atoms with Gasteiger partial charge in [0.1, 0.15) is 12.1 Å². The summed E-state index contributed by atoms with van der Waals surface area (Å²) < 4.78 is 9.27. The molecule has 96 valence electrons. The number of ether oxygens (including phenoxy) is 2. The number of alkyl halides is 1. The highest BCUT2D eigenvalue weighted by molar-refractivity contribution is 6.28. The van der Waals surface area contributed by atoms with Crippen molar-refractivity contribution in [2.75, 3.05) is 12.5 Å². The van der Waals surface area contributed by atoms with E-state index in [0.717, 1.165) is 6.26 Å². The van der Waals surface area contributed by atoms with Crippen molar-refractivity contribution < 1.29 is 23.9 Å². The summed E-state index contributed by atoms with van der Waals surface area (Å²) in [6.07, 6.45) is 0.609. The van der Waals surface area contributed by atoms with Crippen molar-refractivity contribution in [1.29, 1.82) is 0 Å². The normalized spacial score (nSPS) is 10.6. The summed E-state index contributed by atoms with van der Waals surface area (Å²) in [6, 6.07) is 0. The van der Waals surface area contributed by atoms with Crippen LogP contribution in [0.25, 0.3) is 0 Å². The quantitative estimate of drug-likeness (QED) is 0.350. The van der Waals surface area contributed by atoms with Gasteiger partial charge >= 0.3 is 12.1 Å². The predicted molar refractivity (Wildman–Crippen MR) is 60.4 cm³/mol. The Morgan fingerprint density at radius 3 is 2.53 bits per heavy atom. The van der Waals surface area contributed by atoms with E-state index in [1.807, 2.05) is 12.2 Å². The summed E-state index contributed by atoms with van der Waals surface area (Å²) >= 11 is 5.16. The van der Waals surface area contributed by atoms with Crippen molar-refractivity contribution in [3.8, 4) is 0 Å². The lowest BCUT2D eigenvalue weighted by molar-refractivity contribution is -0.139. The number of alkyl carbamates (subject to hydrolysis) is 1. The van der Waals surface area contributed by atoms with E-state index in [1.165, 1.54) is 6.92 Å². The van der Waals surface area contributed by atoms with Crippen LogP contribution in [0.3, 0.4) is 0 Å². The zero-order chi connectivity index (χ0) is 13.3. The van der Waals surface area contributed by atoms with Gasteiger partial charge in [0.15, 0.2) is 0 Å². The predicted octanol–water partition coefficient (Wildman–Crippen LogP) is 1.33. The van der Waals surface area contributed by atoms with Crippen LogP contribution >= 0.6 is 11.6 Å². The maximum atomic E-state index is 11.2. The smallest absolute Gasteiger partial charge is 0.418 e. The van der Waals surface area contributed by atoms with Gasteiger partial charge in [-0.15, -0.1) is 11.6 Å². The molecule has 6 nitrogen and oxygen atoms in total. The fourth-order valence-electron chi connectivity index (χ4n) is 0.675. The molecule has 0 radical (unpaired) electrons. The number of rotatable bonds is 5. The highest BCUT2D eigenvalue weighted by Gasteiger charge is 2.09. The van der Waals surface area contributed by atoms with E-state index in [4.69, 9.17) is 16.3 Å². The van der Waals surface area contributed by atoms with Crippen LogP contribution in [0.2, 0.25) is 0 Å². The zero-order valence-electron chi connectivity index (χ0n) is 9.62. The molecule has 0 aliphatic rings. The molecule has 7 heteroatoms. The van der Waals surface area contributed by atoms with Gasteiger partial charge in [-0.25, -0.2) is 9.59 Å². The van der Waals surface area contributed by atoms with Crippen LogP contribution in [-0.4, -0.2) is 30.5 Å². The highest BCUT2D eigenvalue weighted by Crippen LogP contribution is 1.98. The van der Waals surface area contributed by atoms with Gasteiger partial charge in [-0.2, -0.15) is 0 Å². The van der Waals surface area contributed by atoms with Gasteiger partial charge in [0, 0.05) is 0 Å². The number of nitrogens with one attached hydrogen (secondary N) is 1. The van der Waals surface area contributed by atoms with Crippen LogP contribution in [-0.2, 0) is 19.1 Å². The molecule has 0 saturated heterocycles. The van der Waals surface area contributed by atoms with E-state index in [9.17, 15) is 14.4 Å². The topological polar surface area (TPSA) is 81.7 Å². The van der Waals surface area contributed by atoms with Gasteiger partial charge in [-0.05, 0) is 13.3 Å². The number of imide groups is 1. The Bertz CT molecular complexity index is 327. The fraction of sp³-hybridized carbons (Fsp3) is 0.500. The van der Waals surface area contributed by atoms with Crippen molar-refractivity contribution in [2.24, 2.45) is 0 Å². The third-order valence-electron chi connectivity index (χ3n) is 1.46. The molecule has 2 amide bonds. The lowest BCUT2D eigenvalue weighted by Crippen LogP contribution is -2.30. The van der Waals surface area contributed by atoms with Crippen LogP contribution in [0.4, 0.5) is 4.79 Å². The number of carbonyl (C=O) groups is 3. The van der Waals surface area contributed by atoms with Gasteiger partial charge in [0.2, 0.25) is 5.91 Å². The molecular formula is C10H14ClNO5. The summed E-state index contributed by atoms with van der Waals surface area (Å²) in [7, 11) is 0. The molecule has 0 aromatic rings. The maximum absolute atomic E-state index is 11.2. The summed E-state index contributed by atoms with van der Waals surface area (Å²) in [5.74, 6) is -1.62. The second kappa shape index (κ2) is 8.58. The molecule has 17 heavy (non-hydrogen) atoms. The molecule has 0 saturated carbocycles. The third kappa shape index (κ3) is 7.35. The van der Waals surface area contributed by atoms with Crippen molar-refractivity contribution in [2.45, 2.75) is 20.3 Å². The molecule has 1 N–H and O–H groups in total. The van der Waals surface area contributed by atoms with Gasteiger partial charge < -0.3 is 9.47 Å². The first kappa shape index (κ1) is 15.4. The SMILES string of the molecule is CCCOC(=O)C(C)=COC(=O)NC(=O)CCl. The van der Waals surface area contributed by atoms with Gasteiger partial charge in [0.25, 0.3) is 0 Å². The minimum atomic E-state index is -1.00. The first-order chi connectivity index (χ1) is 8.01. The van der Waals surface area contributed by atoms with Crippen LogP contribution in [0.15, 0.2) is 11.8 Å². The molecule has 0 fully saturated rings. The lowest BCUT2D eigenvalue weighted by Gasteiger charge is -2.03. The third-order valence-corrected chi connectivity index (χ3v) is 1.71. The standard InChI is InChI=1S/C10H14ClNO5/c1-3-4-16-9(14)7(2)6-17-10(15)12-8(13)5-11/h6H,3-5H2,1-2H3,(H,12,13,15).